The van der Waals surface area contributed by atoms with Crippen molar-refractivity contribution in [1.29, 1.82) is 0 Å². The van der Waals surface area contributed by atoms with Crippen LogP contribution in [0.2, 0.25) is 0 Å². The van der Waals surface area contributed by atoms with E-state index in [2.05, 4.69) is 21.2 Å². The average molecular weight is 545 g/mol. The number of nitrogens with zero attached hydrogens (tertiary/aromatic N) is 1. The summed E-state index contributed by atoms with van der Waals surface area (Å²) in [6.07, 6.45) is 0.725. The Morgan fingerprint density at radius 2 is 1.76 bits per heavy atom. The fraction of sp³-hybridized carbons (Fsp3) is 0.269. The molecule has 180 valence electrons. The lowest BCUT2D eigenvalue weighted by Crippen LogP contribution is -2.38. The zero-order valence-corrected chi connectivity index (χ0v) is 22.2. The highest BCUT2D eigenvalue weighted by molar-refractivity contribution is 9.10. The van der Waals surface area contributed by atoms with E-state index in [0.717, 1.165) is 33.1 Å². The van der Waals surface area contributed by atoms with Crippen LogP contribution in [0.3, 0.4) is 0 Å². The molecule has 8 heteroatoms. The third-order valence-electron chi connectivity index (χ3n) is 5.49. The van der Waals surface area contributed by atoms with Gasteiger partial charge in [0.25, 0.3) is 0 Å². The van der Waals surface area contributed by atoms with Crippen LogP contribution >= 0.6 is 15.9 Å². The maximum Gasteiger partial charge on any atom is 0.247 e. The molecule has 0 spiro atoms. The molecule has 0 aromatic heterocycles. The first-order valence-electron chi connectivity index (χ1n) is 10.9. The quantitative estimate of drug-likeness (QED) is 0.387. The molecule has 0 fully saturated rings. The Morgan fingerprint density at radius 1 is 1.06 bits per heavy atom. The Balaban J connectivity index is 1.98. The molecule has 0 unspecified atom stereocenters. The van der Waals surface area contributed by atoms with Gasteiger partial charge >= 0.3 is 0 Å². The SMILES string of the molecule is CCc1cc(Br)cc(C)c1NC(=O)CN(Cc1ccccc1)S(=O)(=O)c1cc(C)ccc1OC. The number of hydrogen-bond donors (Lipinski definition) is 1. The van der Waals surface area contributed by atoms with Gasteiger partial charge in [0.15, 0.2) is 0 Å². The van der Waals surface area contributed by atoms with Crippen molar-refractivity contribution in [2.24, 2.45) is 0 Å². The fourth-order valence-corrected chi connectivity index (χ4v) is 5.99. The zero-order chi connectivity index (χ0) is 24.9. The molecular weight excluding hydrogens is 516 g/mol. The van der Waals surface area contributed by atoms with Crippen LogP contribution < -0.4 is 10.1 Å². The predicted octanol–water partition coefficient (Wildman–Crippen LogP) is 5.47. The summed E-state index contributed by atoms with van der Waals surface area (Å²) in [4.78, 5) is 13.2. The van der Waals surface area contributed by atoms with Gasteiger partial charge in [0, 0.05) is 16.7 Å². The van der Waals surface area contributed by atoms with Crippen molar-refractivity contribution in [1.82, 2.24) is 4.31 Å². The summed E-state index contributed by atoms with van der Waals surface area (Å²) < 4.78 is 35.0. The number of methoxy groups -OCH3 is 1. The van der Waals surface area contributed by atoms with Crippen LogP contribution in [0.1, 0.15) is 29.2 Å². The van der Waals surface area contributed by atoms with Crippen LogP contribution in [-0.2, 0) is 27.8 Å². The number of ether oxygens (including phenoxy) is 1. The van der Waals surface area contributed by atoms with Crippen molar-refractivity contribution in [3.8, 4) is 5.75 Å². The molecule has 0 radical (unpaired) electrons. The van der Waals surface area contributed by atoms with Gasteiger partial charge in [0.1, 0.15) is 10.6 Å². The third kappa shape index (κ3) is 6.05. The molecule has 3 aromatic carbocycles. The summed E-state index contributed by atoms with van der Waals surface area (Å²) in [7, 11) is -2.61. The number of carbonyl (C=O) groups is 1. The van der Waals surface area contributed by atoms with Crippen molar-refractivity contribution >= 4 is 37.5 Å². The minimum absolute atomic E-state index is 0.0350. The van der Waals surface area contributed by atoms with Crippen LogP contribution in [0.5, 0.6) is 5.75 Å². The second-order valence-corrected chi connectivity index (χ2v) is 10.9. The lowest BCUT2D eigenvalue weighted by molar-refractivity contribution is -0.116. The number of rotatable bonds is 9. The molecule has 34 heavy (non-hydrogen) atoms. The largest absolute Gasteiger partial charge is 0.495 e. The average Bonchev–Trinajstić information content (AvgIpc) is 2.80. The van der Waals surface area contributed by atoms with E-state index in [9.17, 15) is 13.2 Å². The smallest absolute Gasteiger partial charge is 0.247 e. The van der Waals surface area contributed by atoms with E-state index in [0.29, 0.717) is 5.69 Å². The van der Waals surface area contributed by atoms with Crippen LogP contribution in [0.4, 0.5) is 5.69 Å². The molecule has 6 nitrogen and oxygen atoms in total. The Labute approximate surface area is 210 Å². The second-order valence-electron chi connectivity index (χ2n) is 8.07. The van der Waals surface area contributed by atoms with Crippen molar-refractivity contribution in [3.63, 3.8) is 0 Å². The van der Waals surface area contributed by atoms with Crippen molar-refractivity contribution in [2.75, 3.05) is 19.0 Å². The molecule has 1 N–H and O–H groups in total. The molecule has 3 rings (SSSR count). The number of amides is 1. The number of halogens is 1. The first-order valence-corrected chi connectivity index (χ1v) is 13.2. The van der Waals surface area contributed by atoms with Gasteiger partial charge in [0.2, 0.25) is 15.9 Å². The van der Waals surface area contributed by atoms with E-state index < -0.39 is 15.9 Å². The number of anilines is 1. The zero-order valence-electron chi connectivity index (χ0n) is 19.8. The first-order chi connectivity index (χ1) is 16.1. The highest BCUT2D eigenvalue weighted by Gasteiger charge is 2.30. The van der Waals surface area contributed by atoms with Gasteiger partial charge in [0.05, 0.1) is 13.7 Å². The molecule has 0 heterocycles. The summed E-state index contributed by atoms with van der Waals surface area (Å²) in [6, 6.07) is 18.1. The van der Waals surface area contributed by atoms with E-state index in [1.807, 2.05) is 63.2 Å². The van der Waals surface area contributed by atoms with Crippen LogP contribution in [0.25, 0.3) is 0 Å². The summed E-state index contributed by atoms with van der Waals surface area (Å²) in [5.41, 5.74) is 4.14. The van der Waals surface area contributed by atoms with Gasteiger partial charge in [-0.3, -0.25) is 4.79 Å². The topological polar surface area (TPSA) is 75.7 Å². The monoisotopic (exact) mass is 544 g/mol. The van der Waals surface area contributed by atoms with E-state index >= 15 is 0 Å². The van der Waals surface area contributed by atoms with Crippen molar-refractivity contribution < 1.29 is 17.9 Å². The van der Waals surface area contributed by atoms with E-state index in [-0.39, 0.29) is 23.7 Å². The van der Waals surface area contributed by atoms with Gasteiger partial charge in [-0.2, -0.15) is 4.31 Å². The molecular formula is C26H29BrN2O4S. The normalized spacial score (nSPS) is 11.5. The Bertz CT molecular complexity index is 1280. The number of nitrogens with one attached hydrogen (secondary N) is 1. The minimum atomic E-state index is -4.04. The maximum atomic E-state index is 13.8. The van der Waals surface area contributed by atoms with E-state index in [1.54, 1.807) is 18.2 Å². The summed E-state index contributed by atoms with van der Waals surface area (Å²) >= 11 is 3.49. The molecule has 3 aromatic rings. The minimum Gasteiger partial charge on any atom is -0.495 e. The lowest BCUT2D eigenvalue weighted by Gasteiger charge is -2.24. The van der Waals surface area contributed by atoms with E-state index in [4.69, 9.17) is 4.74 Å². The van der Waals surface area contributed by atoms with Gasteiger partial charge in [-0.05, 0) is 66.8 Å². The van der Waals surface area contributed by atoms with Gasteiger partial charge in [-0.1, -0.05) is 59.3 Å². The molecule has 0 saturated heterocycles. The lowest BCUT2D eigenvalue weighted by atomic mass is 10.1. The van der Waals surface area contributed by atoms with Gasteiger partial charge < -0.3 is 10.1 Å². The number of aryl methyl sites for hydroxylation is 3. The number of benzene rings is 3. The van der Waals surface area contributed by atoms with Gasteiger partial charge in [-0.25, -0.2) is 8.42 Å². The molecule has 0 atom stereocenters. The summed E-state index contributed by atoms with van der Waals surface area (Å²) in [6.45, 7) is 5.44. The molecule has 0 aliphatic rings. The highest BCUT2D eigenvalue weighted by atomic mass is 79.9. The van der Waals surface area contributed by atoms with Crippen LogP contribution in [0, 0.1) is 13.8 Å². The maximum absolute atomic E-state index is 13.8. The standard InChI is InChI=1S/C26H29BrN2O4S/c1-5-21-15-22(27)14-19(3)26(21)28-25(30)17-29(16-20-9-7-6-8-10-20)34(31,32)24-13-18(2)11-12-23(24)33-4/h6-15H,5,16-17H2,1-4H3,(H,28,30). The summed E-state index contributed by atoms with van der Waals surface area (Å²) in [5.74, 6) is -0.174. The first kappa shape index (κ1) is 25.9. The molecule has 0 aliphatic carbocycles. The van der Waals surface area contributed by atoms with Crippen molar-refractivity contribution in [3.05, 3.63) is 87.4 Å². The Hall–Kier alpha value is -2.68. The molecule has 0 bridgehead atoms. The predicted molar refractivity (Wildman–Crippen MR) is 139 cm³/mol. The van der Waals surface area contributed by atoms with Gasteiger partial charge in [-0.15, -0.1) is 0 Å². The van der Waals surface area contributed by atoms with Crippen LogP contribution in [-0.4, -0.2) is 32.3 Å². The fourth-order valence-electron chi connectivity index (χ4n) is 3.75. The Kier molecular flexibility index (Phi) is 8.52. The van der Waals surface area contributed by atoms with E-state index in [1.165, 1.54) is 11.4 Å². The molecule has 0 aliphatic heterocycles. The number of sulfonamides is 1. The highest BCUT2D eigenvalue weighted by Crippen LogP contribution is 2.30. The third-order valence-corrected chi connectivity index (χ3v) is 7.76. The molecule has 1 amide bonds. The number of carbonyl (C=O) groups excluding carboxylic acids is 1. The Morgan fingerprint density at radius 3 is 2.41 bits per heavy atom. The second kappa shape index (κ2) is 11.2. The number of hydrogen-bond acceptors (Lipinski definition) is 4. The van der Waals surface area contributed by atoms with Crippen LogP contribution in [0.15, 0.2) is 70.0 Å². The summed E-state index contributed by atoms with van der Waals surface area (Å²) in [5, 5.41) is 2.94. The van der Waals surface area contributed by atoms with Crippen molar-refractivity contribution in [2.45, 2.75) is 38.6 Å². The molecule has 0 saturated carbocycles.